The van der Waals surface area contributed by atoms with Crippen LogP contribution in [0.5, 0.6) is 0 Å². The van der Waals surface area contributed by atoms with Gasteiger partial charge >= 0.3 is 5.97 Å². The van der Waals surface area contributed by atoms with Crippen molar-refractivity contribution in [2.75, 3.05) is 12.4 Å². The number of halogens is 1. The number of ether oxygens (including phenoxy) is 1. The molecule has 1 aliphatic heterocycles. The van der Waals surface area contributed by atoms with Gasteiger partial charge in [0.2, 0.25) is 0 Å². The summed E-state index contributed by atoms with van der Waals surface area (Å²) < 4.78 is 30.9. The molecule has 2 aromatic rings. The Morgan fingerprint density at radius 3 is 2.78 bits per heavy atom. The van der Waals surface area contributed by atoms with Crippen molar-refractivity contribution in [3.05, 3.63) is 47.8 Å². The first-order chi connectivity index (χ1) is 10.4. The van der Waals surface area contributed by atoms with E-state index in [0.29, 0.717) is 6.04 Å². The molecule has 1 N–H and O–H groups in total. The van der Waals surface area contributed by atoms with E-state index in [9.17, 15) is 13.2 Å². The highest BCUT2D eigenvalue weighted by atomic mass is 35.5. The van der Waals surface area contributed by atoms with Crippen molar-refractivity contribution >= 4 is 34.1 Å². The van der Waals surface area contributed by atoms with Crippen molar-refractivity contribution in [2.24, 2.45) is 0 Å². The number of nitrogens with zero attached hydrogens (tertiary/aromatic N) is 1. The largest absolute Gasteiger partial charge is 0.465 e. The van der Waals surface area contributed by atoms with Gasteiger partial charge in [-0.1, -0.05) is 0 Å². The molecule has 0 radical (unpaired) electrons. The van der Waals surface area contributed by atoms with Gasteiger partial charge in [0.05, 0.1) is 17.6 Å². The van der Waals surface area contributed by atoms with E-state index in [0.717, 1.165) is 21.6 Å². The molecule has 0 bridgehead atoms. The van der Waals surface area contributed by atoms with Crippen LogP contribution in [0, 0.1) is 0 Å². The van der Waals surface area contributed by atoms with Crippen molar-refractivity contribution in [1.29, 1.82) is 0 Å². The number of rotatable bonds is 3. The fourth-order valence-electron chi connectivity index (χ4n) is 2.57. The molecule has 0 fully saturated rings. The molecule has 6 nitrogen and oxygen atoms in total. The van der Waals surface area contributed by atoms with E-state index in [2.05, 4.69) is 10.1 Å². The van der Waals surface area contributed by atoms with Crippen LogP contribution in [0.4, 0.5) is 5.69 Å². The standard InChI is InChI=1S/C15H16N2O4S.ClH/c1-10-7-12-8-13(3-4-14(12)16-10)22(19,20)17-6-5-11(9-17)15(18)21-2;/h3-6,8-10,16H,7H2,1-2H3;1H. The fourth-order valence-corrected chi connectivity index (χ4v) is 3.82. The zero-order chi connectivity index (χ0) is 15.9. The van der Waals surface area contributed by atoms with E-state index < -0.39 is 16.0 Å². The Hall–Kier alpha value is -1.99. The minimum Gasteiger partial charge on any atom is -0.465 e. The second kappa shape index (κ2) is 6.25. The molecule has 1 unspecified atom stereocenters. The van der Waals surface area contributed by atoms with Crippen LogP contribution < -0.4 is 5.32 Å². The van der Waals surface area contributed by atoms with Crippen molar-refractivity contribution in [3.8, 4) is 0 Å². The van der Waals surface area contributed by atoms with Crippen LogP contribution in [-0.4, -0.2) is 31.5 Å². The number of anilines is 1. The van der Waals surface area contributed by atoms with Gasteiger partial charge in [-0.15, -0.1) is 12.4 Å². The lowest BCUT2D eigenvalue weighted by Gasteiger charge is -2.07. The molecule has 1 aromatic heterocycles. The van der Waals surface area contributed by atoms with E-state index in [1.165, 1.54) is 25.6 Å². The Labute approximate surface area is 140 Å². The first kappa shape index (κ1) is 17.4. The van der Waals surface area contributed by atoms with E-state index in [-0.39, 0.29) is 22.9 Å². The van der Waals surface area contributed by atoms with Crippen LogP contribution in [0.15, 0.2) is 41.6 Å². The average Bonchev–Trinajstić information content (AvgIpc) is 3.11. The Bertz CT molecular complexity index is 845. The normalized spacial score (nSPS) is 16.2. The summed E-state index contributed by atoms with van der Waals surface area (Å²) in [5.41, 5.74) is 2.14. The minimum atomic E-state index is -3.72. The van der Waals surface area contributed by atoms with Gasteiger partial charge in [0, 0.05) is 24.1 Å². The van der Waals surface area contributed by atoms with E-state index >= 15 is 0 Å². The molecule has 1 aliphatic rings. The first-order valence-electron chi connectivity index (χ1n) is 6.83. The summed E-state index contributed by atoms with van der Waals surface area (Å²) in [6, 6.07) is 6.73. The van der Waals surface area contributed by atoms with Crippen molar-refractivity contribution in [1.82, 2.24) is 3.97 Å². The average molecular weight is 357 g/mol. The third-order valence-corrected chi connectivity index (χ3v) is 5.30. The Balaban J connectivity index is 0.00000192. The van der Waals surface area contributed by atoms with Gasteiger partial charge in [0.15, 0.2) is 0 Å². The van der Waals surface area contributed by atoms with E-state index in [1.54, 1.807) is 18.2 Å². The molecule has 0 spiro atoms. The zero-order valence-electron chi connectivity index (χ0n) is 12.6. The third-order valence-electron chi connectivity index (χ3n) is 3.67. The molecule has 2 heterocycles. The van der Waals surface area contributed by atoms with Gasteiger partial charge in [0.25, 0.3) is 10.0 Å². The van der Waals surface area contributed by atoms with Crippen LogP contribution in [0.3, 0.4) is 0 Å². The van der Waals surface area contributed by atoms with E-state index in [1.807, 2.05) is 6.92 Å². The Morgan fingerprint density at radius 2 is 2.09 bits per heavy atom. The summed E-state index contributed by atoms with van der Waals surface area (Å²) in [7, 11) is -2.47. The van der Waals surface area contributed by atoms with Crippen LogP contribution in [0.1, 0.15) is 22.8 Å². The summed E-state index contributed by atoms with van der Waals surface area (Å²) in [5, 5.41) is 3.28. The number of carbonyl (C=O) groups excluding carboxylic acids is 1. The highest BCUT2D eigenvalue weighted by molar-refractivity contribution is 7.90. The highest BCUT2D eigenvalue weighted by Gasteiger charge is 2.23. The van der Waals surface area contributed by atoms with Crippen LogP contribution >= 0.6 is 12.4 Å². The summed E-state index contributed by atoms with van der Waals surface area (Å²) in [6.07, 6.45) is 3.39. The molecule has 0 saturated carbocycles. The molecule has 1 aromatic carbocycles. The second-order valence-electron chi connectivity index (χ2n) is 5.30. The summed E-state index contributed by atoms with van der Waals surface area (Å²) in [4.78, 5) is 11.6. The van der Waals surface area contributed by atoms with Crippen molar-refractivity contribution in [2.45, 2.75) is 24.3 Å². The molecular weight excluding hydrogens is 340 g/mol. The lowest BCUT2D eigenvalue weighted by Crippen LogP contribution is -2.11. The summed E-state index contributed by atoms with van der Waals surface area (Å²) >= 11 is 0. The van der Waals surface area contributed by atoms with Gasteiger partial charge in [-0.3, -0.25) is 0 Å². The quantitative estimate of drug-likeness (QED) is 0.854. The predicted molar refractivity (Wildman–Crippen MR) is 88.8 cm³/mol. The van der Waals surface area contributed by atoms with Gasteiger partial charge in [0.1, 0.15) is 0 Å². The van der Waals surface area contributed by atoms with Crippen LogP contribution in [0.2, 0.25) is 0 Å². The monoisotopic (exact) mass is 356 g/mol. The zero-order valence-corrected chi connectivity index (χ0v) is 14.3. The number of fused-ring (bicyclic) bond motifs is 1. The molecule has 1 atom stereocenters. The maximum absolute atomic E-state index is 12.6. The van der Waals surface area contributed by atoms with Crippen LogP contribution in [0.25, 0.3) is 0 Å². The number of esters is 1. The number of aromatic nitrogens is 1. The van der Waals surface area contributed by atoms with Crippen molar-refractivity contribution in [3.63, 3.8) is 0 Å². The maximum Gasteiger partial charge on any atom is 0.339 e. The molecule has 0 amide bonds. The lowest BCUT2D eigenvalue weighted by atomic mass is 10.1. The lowest BCUT2D eigenvalue weighted by molar-refractivity contribution is 0.0601. The highest BCUT2D eigenvalue weighted by Crippen LogP contribution is 2.29. The molecule has 0 saturated heterocycles. The maximum atomic E-state index is 12.6. The second-order valence-corrected chi connectivity index (χ2v) is 7.14. The van der Waals surface area contributed by atoms with Gasteiger partial charge < -0.3 is 10.1 Å². The minimum absolute atomic E-state index is 0. The van der Waals surface area contributed by atoms with E-state index in [4.69, 9.17) is 0 Å². The Kier molecular flexibility index (Phi) is 4.72. The van der Waals surface area contributed by atoms with Gasteiger partial charge in [-0.05, 0) is 43.2 Å². The van der Waals surface area contributed by atoms with Gasteiger partial charge in [-0.2, -0.15) is 0 Å². The topological polar surface area (TPSA) is 77.4 Å². The van der Waals surface area contributed by atoms with Gasteiger partial charge in [-0.25, -0.2) is 17.2 Å². The number of methoxy groups -OCH3 is 1. The smallest absolute Gasteiger partial charge is 0.339 e. The molecule has 0 aliphatic carbocycles. The number of nitrogens with one attached hydrogen (secondary N) is 1. The fraction of sp³-hybridized carbons (Fsp3) is 0.267. The van der Waals surface area contributed by atoms with Crippen LogP contribution in [-0.2, 0) is 21.2 Å². The number of hydrogen-bond donors (Lipinski definition) is 1. The summed E-state index contributed by atoms with van der Waals surface area (Å²) in [6.45, 7) is 2.04. The molecule has 8 heteroatoms. The molecule has 124 valence electrons. The Morgan fingerprint density at radius 1 is 1.35 bits per heavy atom. The summed E-state index contributed by atoms with van der Waals surface area (Å²) in [5.74, 6) is -0.569. The van der Waals surface area contributed by atoms with Crippen molar-refractivity contribution < 1.29 is 17.9 Å². The number of benzene rings is 1. The molecular formula is C15H17ClN2O4S. The molecule has 3 rings (SSSR count). The molecule has 23 heavy (non-hydrogen) atoms. The SMILES string of the molecule is COC(=O)c1ccn(S(=O)(=O)c2ccc3c(c2)CC(C)N3)c1.Cl. The first-order valence-corrected chi connectivity index (χ1v) is 8.27. The predicted octanol–water partition coefficient (Wildman–Crippen LogP) is 2.29. The number of carbonyl (C=O) groups is 1. The third kappa shape index (κ3) is 3.07. The number of hydrogen-bond acceptors (Lipinski definition) is 5.